The third-order valence-electron chi connectivity index (χ3n) is 5.78. The van der Waals surface area contributed by atoms with E-state index in [0.717, 1.165) is 29.8 Å². The van der Waals surface area contributed by atoms with E-state index in [1.807, 2.05) is 52.8 Å². The van der Waals surface area contributed by atoms with Gasteiger partial charge in [-0.25, -0.2) is 0 Å². The van der Waals surface area contributed by atoms with Gasteiger partial charge in [-0.3, -0.25) is 14.3 Å². The summed E-state index contributed by atoms with van der Waals surface area (Å²) in [7, 11) is 0. The fraction of sp³-hybridized carbons (Fsp3) is 0.417. The van der Waals surface area contributed by atoms with Crippen LogP contribution in [-0.4, -0.2) is 55.0 Å². The minimum absolute atomic E-state index is 0.154. The molecule has 0 saturated carbocycles. The average molecular weight is 452 g/mol. The second-order valence-electron chi connectivity index (χ2n) is 8.02. The molecule has 1 aromatic carbocycles. The van der Waals surface area contributed by atoms with Gasteiger partial charge in [-0.2, -0.15) is 0 Å². The van der Waals surface area contributed by atoms with Crippen molar-refractivity contribution in [3.05, 3.63) is 48.8 Å². The molecule has 1 fully saturated rings. The molecule has 8 heteroatoms. The van der Waals surface area contributed by atoms with E-state index in [1.54, 1.807) is 12.4 Å². The van der Waals surface area contributed by atoms with Gasteiger partial charge in [0.15, 0.2) is 11.0 Å². The number of nitrogens with zero attached hydrogens (tertiary/aromatic N) is 5. The van der Waals surface area contributed by atoms with Gasteiger partial charge in [0.05, 0.1) is 12.4 Å². The number of thioether (sulfide) groups is 1. The van der Waals surface area contributed by atoms with Gasteiger partial charge in [-0.1, -0.05) is 11.8 Å². The van der Waals surface area contributed by atoms with Gasteiger partial charge in [-0.05, 0) is 76.4 Å². The lowest BCUT2D eigenvalue weighted by Crippen LogP contribution is -2.48. The highest BCUT2D eigenvalue weighted by molar-refractivity contribution is 7.99. The highest BCUT2D eigenvalue weighted by Crippen LogP contribution is 2.30. The molecule has 0 radical (unpaired) electrons. The predicted molar refractivity (Wildman–Crippen MR) is 126 cm³/mol. The molecule has 0 aliphatic carbocycles. The van der Waals surface area contributed by atoms with Gasteiger partial charge in [0.2, 0.25) is 5.91 Å². The van der Waals surface area contributed by atoms with Crippen LogP contribution in [0.4, 0.5) is 0 Å². The molecule has 2 atom stereocenters. The molecule has 1 aliphatic rings. The van der Waals surface area contributed by atoms with E-state index in [-0.39, 0.29) is 18.0 Å². The van der Waals surface area contributed by atoms with Gasteiger partial charge in [0.1, 0.15) is 5.75 Å². The number of amides is 1. The maximum absolute atomic E-state index is 13.1. The quantitative estimate of drug-likeness (QED) is 0.489. The molecule has 1 aliphatic heterocycles. The van der Waals surface area contributed by atoms with Crippen LogP contribution in [0.15, 0.2) is 53.9 Å². The van der Waals surface area contributed by atoms with Gasteiger partial charge in [-0.15, -0.1) is 10.2 Å². The summed E-state index contributed by atoms with van der Waals surface area (Å²) in [6.07, 6.45) is 6.79. The molecule has 0 unspecified atom stereocenters. The van der Waals surface area contributed by atoms with Gasteiger partial charge in [0.25, 0.3) is 0 Å². The normalized spacial score (nSPS) is 18.5. The fourth-order valence-corrected chi connectivity index (χ4v) is 5.08. The van der Waals surface area contributed by atoms with E-state index in [2.05, 4.69) is 29.0 Å². The molecule has 2 aromatic heterocycles. The van der Waals surface area contributed by atoms with Crippen molar-refractivity contribution in [1.29, 1.82) is 0 Å². The lowest BCUT2D eigenvalue weighted by atomic mass is 9.98. The number of rotatable bonds is 7. The van der Waals surface area contributed by atoms with Crippen molar-refractivity contribution in [2.75, 3.05) is 12.4 Å². The lowest BCUT2D eigenvalue weighted by Gasteiger charge is -2.39. The van der Waals surface area contributed by atoms with Crippen molar-refractivity contribution >= 4 is 17.7 Å². The zero-order valence-corrected chi connectivity index (χ0v) is 19.6. The Balaban J connectivity index is 1.62. The first kappa shape index (κ1) is 22.3. The van der Waals surface area contributed by atoms with Gasteiger partial charge in [0, 0.05) is 35.7 Å². The largest absolute Gasteiger partial charge is 0.494 e. The Hall–Kier alpha value is -2.87. The second-order valence-corrected chi connectivity index (χ2v) is 8.97. The first-order valence-electron chi connectivity index (χ1n) is 11.1. The number of aromatic nitrogens is 4. The molecule has 3 heterocycles. The van der Waals surface area contributed by atoms with Crippen LogP contribution in [0.1, 0.15) is 40.0 Å². The third kappa shape index (κ3) is 4.80. The number of likely N-dealkylation sites (tertiary alicyclic amines) is 1. The molecule has 3 aromatic rings. The fourth-order valence-electron chi connectivity index (χ4n) is 4.26. The second kappa shape index (κ2) is 10.2. The van der Waals surface area contributed by atoms with E-state index in [1.165, 1.54) is 18.2 Å². The van der Waals surface area contributed by atoms with Crippen LogP contribution in [0.3, 0.4) is 0 Å². The summed E-state index contributed by atoms with van der Waals surface area (Å²) in [5.74, 6) is 2.01. The number of benzene rings is 1. The molecular formula is C24H29N5O2S. The molecule has 7 nitrogen and oxygen atoms in total. The van der Waals surface area contributed by atoms with Crippen LogP contribution in [0, 0.1) is 0 Å². The zero-order valence-electron chi connectivity index (χ0n) is 18.8. The summed E-state index contributed by atoms with van der Waals surface area (Å²) in [6, 6.07) is 12.2. The third-order valence-corrected chi connectivity index (χ3v) is 6.70. The van der Waals surface area contributed by atoms with Crippen molar-refractivity contribution < 1.29 is 9.53 Å². The lowest BCUT2D eigenvalue weighted by molar-refractivity contribution is -0.134. The maximum atomic E-state index is 13.1. The Labute approximate surface area is 193 Å². The van der Waals surface area contributed by atoms with E-state index in [9.17, 15) is 4.79 Å². The molecule has 1 saturated heterocycles. The molecule has 0 spiro atoms. The average Bonchev–Trinajstić information content (AvgIpc) is 3.23. The smallest absolute Gasteiger partial charge is 0.233 e. The summed E-state index contributed by atoms with van der Waals surface area (Å²) in [5.41, 5.74) is 1.83. The highest BCUT2D eigenvalue weighted by atomic mass is 32.2. The van der Waals surface area contributed by atoms with E-state index in [4.69, 9.17) is 4.74 Å². The number of piperidine rings is 1. The van der Waals surface area contributed by atoms with E-state index >= 15 is 0 Å². The molecular weight excluding hydrogens is 422 g/mol. The predicted octanol–water partition coefficient (Wildman–Crippen LogP) is 4.61. The number of carbonyl (C=O) groups is 1. The summed E-state index contributed by atoms with van der Waals surface area (Å²) < 4.78 is 7.58. The first-order valence-corrected chi connectivity index (χ1v) is 12.1. The van der Waals surface area contributed by atoms with Crippen molar-refractivity contribution in [2.24, 2.45) is 0 Å². The monoisotopic (exact) mass is 451 g/mol. The minimum Gasteiger partial charge on any atom is -0.494 e. The molecule has 4 rings (SSSR count). The molecule has 32 heavy (non-hydrogen) atoms. The number of pyridine rings is 1. The summed E-state index contributed by atoms with van der Waals surface area (Å²) in [5, 5.41) is 9.57. The van der Waals surface area contributed by atoms with Crippen LogP contribution in [0.2, 0.25) is 0 Å². The van der Waals surface area contributed by atoms with Crippen molar-refractivity contribution in [3.63, 3.8) is 0 Å². The number of hydrogen-bond donors (Lipinski definition) is 0. The van der Waals surface area contributed by atoms with E-state index < -0.39 is 0 Å². The summed E-state index contributed by atoms with van der Waals surface area (Å²) in [6.45, 7) is 6.86. The number of hydrogen-bond acceptors (Lipinski definition) is 6. The minimum atomic E-state index is 0.154. The maximum Gasteiger partial charge on any atom is 0.233 e. The summed E-state index contributed by atoms with van der Waals surface area (Å²) in [4.78, 5) is 19.2. The Bertz CT molecular complexity index is 1030. The topological polar surface area (TPSA) is 73.1 Å². The highest BCUT2D eigenvalue weighted by Gasteiger charge is 2.29. The Morgan fingerprint density at radius 2 is 1.75 bits per heavy atom. The first-order chi connectivity index (χ1) is 15.6. The molecule has 1 amide bonds. The van der Waals surface area contributed by atoms with Crippen LogP contribution < -0.4 is 4.74 Å². The van der Waals surface area contributed by atoms with Crippen molar-refractivity contribution in [1.82, 2.24) is 24.6 Å². The Kier molecular flexibility index (Phi) is 7.09. The van der Waals surface area contributed by atoms with Crippen LogP contribution in [0.25, 0.3) is 17.1 Å². The van der Waals surface area contributed by atoms with Gasteiger partial charge >= 0.3 is 0 Å². The molecule has 168 valence electrons. The van der Waals surface area contributed by atoms with Crippen molar-refractivity contribution in [2.45, 2.75) is 57.3 Å². The van der Waals surface area contributed by atoms with Crippen LogP contribution in [-0.2, 0) is 4.79 Å². The zero-order chi connectivity index (χ0) is 22.5. The Morgan fingerprint density at radius 3 is 2.41 bits per heavy atom. The Morgan fingerprint density at radius 1 is 1.06 bits per heavy atom. The molecule has 0 bridgehead atoms. The SMILES string of the molecule is CCOc1ccc(-n2c(SCC(=O)N3[C@@H](C)CCC[C@@H]3C)nnc2-c2ccncc2)cc1. The van der Waals surface area contributed by atoms with E-state index in [0.29, 0.717) is 23.3 Å². The van der Waals surface area contributed by atoms with Crippen LogP contribution in [0.5, 0.6) is 5.75 Å². The van der Waals surface area contributed by atoms with Crippen LogP contribution >= 0.6 is 11.8 Å². The molecule has 0 N–H and O–H groups in total. The number of carbonyl (C=O) groups excluding carboxylic acids is 1. The standard InChI is InChI=1S/C24H29N5O2S/c1-4-31-21-10-8-20(9-11-21)29-23(19-12-14-25-15-13-19)26-27-24(29)32-16-22(30)28-17(2)6-5-7-18(28)3/h8-15,17-18H,4-7,16H2,1-3H3/t17-,18-/m0/s1. The van der Waals surface area contributed by atoms with Crippen molar-refractivity contribution in [3.8, 4) is 22.8 Å². The van der Waals surface area contributed by atoms with Gasteiger partial charge < -0.3 is 9.64 Å². The summed E-state index contributed by atoms with van der Waals surface area (Å²) >= 11 is 1.43. The number of ether oxygens (including phenoxy) is 1.